The average Bonchev–Trinajstić information content (AvgIpc) is 1.41. The summed E-state index contributed by atoms with van der Waals surface area (Å²) < 4.78 is 0. The molecule has 4 heteroatoms. The molecule has 0 atom stereocenters. The molecule has 30 valence electrons. The number of hydrogen-bond donors (Lipinski definition) is 2. The average molecular weight is 79.0 g/mol. The van der Waals surface area contributed by atoms with E-state index in [9.17, 15) is 0 Å². The second-order valence-electron chi connectivity index (χ2n) is 0.427. The topological polar surface area (TPSA) is 62.2 Å². The van der Waals surface area contributed by atoms with Crippen LogP contribution >= 0.6 is 0 Å². The van der Waals surface area contributed by atoms with E-state index >= 15 is 0 Å². The Balaban J connectivity index is 0. The zero-order chi connectivity index (χ0) is 4.12. The fourth-order valence-electron chi connectivity index (χ4n) is 0.0430. The van der Waals surface area contributed by atoms with Gasteiger partial charge in [-0.25, -0.2) is 4.99 Å². The molecule has 0 unspecified atom stereocenters. The van der Waals surface area contributed by atoms with Crippen LogP contribution in [0.1, 0.15) is 0 Å². The summed E-state index contributed by atoms with van der Waals surface area (Å²) in [6.45, 7) is 0. The number of aliphatic imine (C=N–C) groups is 1. The Morgan fingerprint density at radius 3 is 2.17 bits per heavy atom. The Hall–Kier alpha value is -0.263. The van der Waals surface area contributed by atoms with Crippen molar-refractivity contribution in [2.75, 3.05) is 0 Å². The van der Waals surface area contributed by atoms with E-state index in [4.69, 9.17) is 11.1 Å². The van der Waals surface area contributed by atoms with E-state index in [0.717, 1.165) is 12.7 Å². The minimum atomic E-state index is 0. The summed E-state index contributed by atoms with van der Waals surface area (Å²) >= 11 is 0. The van der Waals surface area contributed by atoms with Crippen LogP contribution in [0.4, 0.5) is 0 Å². The van der Waals surface area contributed by atoms with Crippen LogP contribution in [-0.2, 0) is 0 Å². The number of nitrogens with one attached hydrogen (secondary N) is 1. The fourth-order valence-corrected chi connectivity index (χ4v) is 0.0430. The van der Waals surface area contributed by atoms with Gasteiger partial charge in [-0.3, -0.25) is 5.41 Å². The molecule has 3 N–H and O–H groups in total. The number of rotatable bonds is 1. The van der Waals surface area contributed by atoms with Crippen molar-refractivity contribution in [2.24, 2.45) is 10.7 Å². The summed E-state index contributed by atoms with van der Waals surface area (Å²) in [6.07, 6.45) is 1.94. The summed E-state index contributed by atoms with van der Waals surface area (Å²) in [7, 11) is 0. The predicted molar refractivity (Wildman–Crippen MR) is 28.6 cm³/mol. The van der Waals surface area contributed by atoms with Crippen molar-refractivity contribution in [3.8, 4) is 0 Å². The number of hydrogen-bond acceptors (Lipinski definition) is 1. The van der Waals surface area contributed by atoms with Crippen molar-refractivity contribution < 1.29 is 0 Å². The molecule has 0 spiro atoms. The van der Waals surface area contributed by atoms with E-state index in [-0.39, 0.29) is 18.9 Å². The molecule has 0 aliphatic rings. The van der Waals surface area contributed by atoms with Gasteiger partial charge in [0.1, 0.15) is 6.34 Å². The Morgan fingerprint density at radius 1 is 1.67 bits per heavy atom. The van der Waals surface area contributed by atoms with Gasteiger partial charge in [-0.05, 0) is 0 Å². The molecule has 0 heterocycles. The molecular formula is C2H6LiN3. The van der Waals surface area contributed by atoms with Gasteiger partial charge in [0, 0.05) is 0 Å². The van der Waals surface area contributed by atoms with Gasteiger partial charge >= 0.3 is 18.9 Å². The van der Waals surface area contributed by atoms with E-state index in [1.54, 1.807) is 0 Å². The molecular weight excluding hydrogens is 73.0 g/mol. The summed E-state index contributed by atoms with van der Waals surface area (Å²) in [5.74, 6) is 0. The zero-order valence-corrected chi connectivity index (χ0v) is 2.68. The van der Waals surface area contributed by atoms with E-state index in [1.165, 1.54) is 0 Å². The van der Waals surface area contributed by atoms with E-state index in [0.29, 0.717) is 0 Å². The standard InChI is InChI=1S/C2H5N3.Li.H/c3-1-5-2-4;;/h1-2H,(H3,3,4,5);;. The first-order valence-electron chi connectivity index (χ1n) is 1.14. The molecule has 0 bridgehead atoms. The van der Waals surface area contributed by atoms with Crippen LogP contribution in [0, 0.1) is 5.41 Å². The first kappa shape index (κ1) is 9.22. The number of nitrogens with zero attached hydrogens (tertiary/aromatic N) is 1. The van der Waals surface area contributed by atoms with Crippen molar-refractivity contribution in [3.63, 3.8) is 0 Å². The molecule has 0 saturated heterocycles. The molecule has 0 fully saturated rings. The van der Waals surface area contributed by atoms with Gasteiger partial charge in [-0.15, -0.1) is 0 Å². The van der Waals surface area contributed by atoms with E-state index in [2.05, 4.69) is 4.99 Å². The van der Waals surface area contributed by atoms with Gasteiger partial charge in [0.25, 0.3) is 0 Å². The summed E-state index contributed by atoms with van der Waals surface area (Å²) in [5.41, 5.74) is 4.70. The normalized spacial score (nSPS) is 7.33. The van der Waals surface area contributed by atoms with Crippen LogP contribution in [0.2, 0.25) is 0 Å². The van der Waals surface area contributed by atoms with Crippen molar-refractivity contribution in [2.45, 2.75) is 0 Å². The third kappa shape index (κ3) is 9.28. The monoisotopic (exact) mass is 79.1 g/mol. The van der Waals surface area contributed by atoms with Gasteiger partial charge in [0.05, 0.1) is 6.34 Å². The van der Waals surface area contributed by atoms with Crippen LogP contribution in [0.3, 0.4) is 0 Å². The van der Waals surface area contributed by atoms with Crippen LogP contribution in [0.15, 0.2) is 4.99 Å². The molecule has 0 saturated carbocycles. The Kier molecular flexibility index (Phi) is 13.6. The maximum absolute atomic E-state index is 6.20. The Morgan fingerprint density at radius 2 is 2.17 bits per heavy atom. The molecule has 0 aliphatic carbocycles. The van der Waals surface area contributed by atoms with Crippen LogP contribution in [0.5, 0.6) is 0 Å². The molecule has 0 aromatic heterocycles. The fraction of sp³-hybridized carbons (Fsp3) is 0. The van der Waals surface area contributed by atoms with Crippen molar-refractivity contribution in [1.82, 2.24) is 0 Å². The number of nitrogens with two attached hydrogens (primary N) is 1. The maximum atomic E-state index is 6.20. The first-order valence-corrected chi connectivity index (χ1v) is 1.14. The molecule has 0 amide bonds. The molecule has 0 aromatic carbocycles. The van der Waals surface area contributed by atoms with Gasteiger partial charge in [-0.1, -0.05) is 0 Å². The molecule has 0 radical (unpaired) electrons. The Bertz CT molecular complexity index is 50.8. The molecule has 0 aromatic rings. The van der Waals surface area contributed by atoms with Crippen molar-refractivity contribution in [1.29, 1.82) is 5.41 Å². The van der Waals surface area contributed by atoms with Crippen molar-refractivity contribution in [3.05, 3.63) is 0 Å². The second kappa shape index (κ2) is 8.83. The Labute approximate surface area is 48.3 Å². The summed E-state index contributed by atoms with van der Waals surface area (Å²) in [6, 6.07) is 0. The molecule has 0 rings (SSSR count). The second-order valence-corrected chi connectivity index (χ2v) is 0.427. The SMILES string of the molecule is N=C/N=C/N.[LiH]. The third-order valence-corrected chi connectivity index (χ3v) is 0.161. The summed E-state index contributed by atoms with van der Waals surface area (Å²) in [4.78, 5) is 3.17. The molecule has 0 aliphatic heterocycles. The summed E-state index contributed by atoms with van der Waals surface area (Å²) in [5, 5.41) is 6.20. The van der Waals surface area contributed by atoms with E-state index in [1.807, 2.05) is 0 Å². The zero-order valence-electron chi connectivity index (χ0n) is 2.68. The van der Waals surface area contributed by atoms with Crippen LogP contribution in [0.25, 0.3) is 0 Å². The third-order valence-electron chi connectivity index (χ3n) is 0.161. The van der Waals surface area contributed by atoms with Gasteiger partial charge in [0.2, 0.25) is 0 Å². The van der Waals surface area contributed by atoms with Gasteiger partial charge in [-0.2, -0.15) is 0 Å². The van der Waals surface area contributed by atoms with Gasteiger partial charge in [0.15, 0.2) is 0 Å². The minimum absolute atomic E-state index is 0. The predicted octanol–water partition coefficient (Wildman–Crippen LogP) is -1.07. The van der Waals surface area contributed by atoms with Crippen molar-refractivity contribution >= 4 is 31.5 Å². The first-order chi connectivity index (χ1) is 2.41. The quantitative estimate of drug-likeness (QED) is 0.234. The molecule has 3 nitrogen and oxygen atoms in total. The van der Waals surface area contributed by atoms with Gasteiger partial charge < -0.3 is 5.73 Å². The van der Waals surface area contributed by atoms with Crippen LogP contribution in [-0.4, -0.2) is 31.5 Å². The molecule has 6 heavy (non-hydrogen) atoms. The van der Waals surface area contributed by atoms with E-state index < -0.39 is 0 Å². The van der Waals surface area contributed by atoms with Crippen LogP contribution < -0.4 is 5.73 Å².